The van der Waals surface area contributed by atoms with Crippen molar-refractivity contribution < 1.29 is 19.7 Å². The van der Waals surface area contributed by atoms with Crippen LogP contribution in [0.1, 0.15) is 65.8 Å². The summed E-state index contributed by atoms with van der Waals surface area (Å²) >= 11 is 0. The summed E-state index contributed by atoms with van der Waals surface area (Å²) in [4.78, 5) is 26.9. The Labute approximate surface area is 252 Å². The molecule has 0 saturated carbocycles. The van der Waals surface area contributed by atoms with Gasteiger partial charge in [0, 0.05) is 25.1 Å². The number of nitrogens with zero attached hydrogens (tertiary/aromatic N) is 5. The summed E-state index contributed by atoms with van der Waals surface area (Å²) in [5.41, 5.74) is 6.83. The van der Waals surface area contributed by atoms with Gasteiger partial charge in [-0.1, -0.05) is 35.9 Å². The summed E-state index contributed by atoms with van der Waals surface area (Å²) in [6, 6.07) is 18.1. The predicted molar refractivity (Wildman–Crippen MR) is 165 cm³/mol. The number of carboxylic acid groups (broad SMARTS) is 1. The van der Waals surface area contributed by atoms with Gasteiger partial charge in [-0.3, -0.25) is 4.79 Å². The molecule has 0 aliphatic rings. The third-order valence-corrected chi connectivity index (χ3v) is 6.94. The molecule has 2 aromatic carbocycles. The highest BCUT2D eigenvalue weighted by molar-refractivity contribution is 5.68. The van der Waals surface area contributed by atoms with Gasteiger partial charge >= 0.3 is 5.97 Å². The molecule has 2 N–H and O–H groups in total. The molecule has 0 fully saturated rings. The van der Waals surface area contributed by atoms with E-state index in [1.54, 1.807) is 26.2 Å². The first-order valence-corrected chi connectivity index (χ1v) is 14.2. The number of nitriles is 1. The number of anilines is 1. The molecule has 222 valence electrons. The average Bonchev–Trinajstić information content (AvgIpc) is 2.95. The Morgan fingerprint density at radius 1 is 1.00 bits per heavy atom. The molecule has 0 aliphatic carbocycles. The Bertz CT molecular complexity index is 1640. The van der Waals surface area contributed by atoms with Gasteiger partial charge in [0.1, 0.15) is 5.60 Å². The Morgan fingerprint density at radius 2 is 1.74 bits per heavy atom. The van der Waals surface area contributed by atoms with Crippen molar-refractivity contribution in [3.63, 3.8) is 0 Å². The molecule has 0 radical (unpaired) electrons. The summed E-state index contributed by atoms with van der Waals surface area (Å²) in [5.74, 6) is 0.0606. The zero-order chi connectivity index (χ0) is 31.1. The highest BCUT2D eigenvalue weighted by Crippen LogP contribution is 2.31. The van der Waals surface area contributed by atoms with Crippen molar-refractivity contribution in [3.05, 3.63) is 100.0 Å². The molecule has 0 bridgehead atoms. The van der Waals surface area contributed by atoms with Crippen LogP contribution in [0.4, 0.5) is 5.95 Å². The summed E-state index contributed by atoms with van der Waals surface area (Å²) in [6.07, 6.45) is 3.58. The number of benzene rings is 2. The van der Waals surface area contributed by atoms with Gasteiger partial charge < -0.3 is 19.8 Å². The highest BCUT2D eigenvalue weighted by Gasteiger charge is 2.21. The van der Waals surface area contributed by atoms with Gasteiger partial charge in [-0.15, -0.1) is 0 Å². The molecule has 2 aromatic heterocycles. The van der Waals surface area contributed by atoms with Crippen molar-refractivity contribution in [3.8, 4) is 23.1 Å². The zero-order valence-electron chi connectivity index (χ0n) is 25.3. The van der Waals surface area contributed by atoms with Crippen LogP contribution in [0.3, 0.4) is 0 Å². The molecule has 0 amide bonds. The lowest BCUT2D eigenvalue weighted by Crippen LogP contribution is -2.25. The SMILES string of the molecule is Cc1cc(C#N)cc(CN(Cc2cc(C)ccc2-c2nc(C(C)(C)O)ccc2C)c2ncc(OCCCC(=O)O)cn2)c1. The monoisotopic (exact) mass is 579 g/mol. The van der Waals surface area contributed by atoms with E-state index in [4.69, 9.17) is 14.8 Å². The lowest BCUT2D eigenvalue weighted by molar-refractivity contribution is -0.137. The van der Waals surface area contributed by atoms with Crippen LogP contribution in [0.15, 0.2) is 60.9 Å². The number of hydrogen-bond donors (Lipinski definition) is 2. The maximum Gasteiger partial charge on any atom is 0.303 e. The van der Waals surface area contributed by atoms with Gasteiger partial charge in [-0.05, 0) is 81.5 Å². The number of hydrogen-bond acceptors (Lipinski definition) is 8. The van der Waals surface area contributed by atoms with Gasteiger partial charge in [-0.25, -0.2) is 15.0 Å². The maximum atomic E-state index is 10.8. The van der Waals surface area contributed by atoms with Crippen molar-refractivity contribution in [2.45, 2.75) is 66.2 Å². The summed E-state index contributed by atoms with van der Waals surface area (Å²) in [5, 5.41) is 29.1. The number of carboxylic acids is 1. The number of aromatic nitrogens is 3. The fourth-order valence-corrected chi connectivity index (χ4v) is 4.83. The van der Waals surface area contributed by atoms with E-state index in [1.807, 2.05) is 62.1 Å². The largest absolute Gasteiger partial charge is 0.490 e. The smallest absolute Gasteiger partial charge is 0.303 e. The van der Waals surface area contributed by atoms with Gasteiger partial charge in [0.2, 0.25) is 5.95 Å². The molecule has 0 saturated heterocycles. The van der Waals surface area contributed by atoms with Gasteiger partial charge in [0.15, 0.2) is 5.75 Å². The van der Waals surface area contributed by atoms with Gasteiger partial charge in [-0.2, -0.15) is 5.26 Å². The Kier molecular flexibility index (Phi) is 9.73. The van der Waals surface area contributed by atoms with Crippen LogP contribution >= 0.6 is 0 Å². The number of aryl methyl sites for hydroxylation is 3. The van der Waals surface area contributed by atoms with Crippen molar-refractivity contribution >= 4 is 11.9 Å². The fraction of sp³-hybridized carbons (Fsp3) is 0.324. The summed E-state index contributed by atoms with van der Waals surface area (Å²) in [7, 11) is 0. The molecule has 2 heterocycles. The minimum absolute atomic E-state index is 0.0275. The molecule has 0 unspecified atom stereocenters. The molecule has 9 heteroatoms. The zero-order valence-corrected chi connectivity index (χ0v) is 25.3. The van der Waals surface area contributed by atoms with Crippen molar-refractivity contribution in [2.24, 2.45) is 0 Å². The Hall–Kier alpha value is -4.81. The number of aliphatic hydroxyl groups is 1. The van der Waals surface area contributed by atoms with E-state index in [1.165, 1.54) is 0 Å². The van der Waals surface area contributed by atoms with Crippen LogP contribution in [-0.4, -0.2) is 37.7 Å². The minimum Gasteiger partial charge on any atom is -0.490 e. The first kappa shape index (κ1) is 31.1. The Morgan fingerprint density at radius 3 is 2.42 bits per heavy atom. The van der Waals surface area contributed by atoms with E-state index in [2.05, 4.69) is 28.2 Å². The average molecular weight is 580 g/mol. The molecule has 0 spiro atoms. The first-order chi connectivity index (χ1) is 20.4. The topological polar surface area (TPSA) is 132 Å². The molecule has 43 heavy (non-hydrogen) atoms. The van der Waals surface area contributed by atoms with Crippen LogP contribution in [0, 0.1) is 32.1 Å². The normalized spacial score (nSPS) is 11.2. The second kappa shape index (κ2) is 13.4. The molecule has 4 aromatic rings. The van der Waals surface area contributed by atoms with E-state index >= 15 is 0 Å². The summed E-state index contributed by atoms with van der Waals surface area (Å²) in [6.45, 7) is 10.6. The molecule has 9 nitrogen and oxygen atoms in total. The van der Waals surface area contributed by atoms with E-state index in [0.717, 1.165) is 39.1 Å². The van der Waals surface area contributed by atoms with Crippen LogP contribution < -0.4 is 9.64 Å². The third-order valence-electron chi connectivity index (χ3n) is 6.94. The van der Waals surface area contributed by atoms with E-state index < -0.39 is 11.6 Å². The van der Waals surface area contributed by atoms with Crippen LogP contribution in [-0.2, 0) is 23.5 Å². The number of aliphatic carboxylic acids is 1. The lowest BCUT2D eigenvalue weighted by Gasteiger charge is -2.25. The Balaban J connectivity index is 1.72. The quantitative estimate of drug-likeness (QED) is 0.194. The number of ether oxygens (including phenoxy) is 1. The fourth-order valence-electron chi connectivity index (χ4n) is 4.83. The molecular formula is C34H37N5O4. The van der Waals surface area contributed by atoms with Crippen LogP contribution in [0.25, 0.3) is 11.3 Å². The van der Waals surface area contributed by atoms with Crippen molar-refractivity contribution in [1.82, 2.24) is 15.0 Å². The van der Waals surface area contributed by atoms with Crippen molar-refractivity contribution in [1.29, 1.82) is 5.26 Å². The van der Waals surface area contributed by atoms with E-state index in [-0.39, 0.29) is 13.0 Å². The predicted octanol–water partition coefficient (Wildman–Crippen LogP) is 6.01. The number of pyridine rings is 1. The standard InChI is InChI=1S/C34H37N5O4/c1-22-8-10-29(32-24(3)9-11-30(38-32)34(4,5)42)27(15-22)21-39(20-26-14-23(2)13-25(16-26)17-35)33-36-18-28(19-37-33)43-12-6-7-31(40)41/h8-11,13-16,18-19,42H,6-7,12,20-21H2,1-5H3,(H,40,41). The highest BCUT2D eigenvalue weighted by atomic mass is 16.5. The lowest BCUT2D eigenvalue weighted by atomic mass is 9.96. The summed E-state index contributed by atoms with van der Waals surface area (Å²) < 4.78 is 5.65. The third kappa shape index (κ3) is 8.37. The molecule has 4 rings (SSSR count). The maximum absolute atomic E-state index is 10.8. The molecular weight excluding hydrogens is 542 g/mol. The molecule has 0 atom stereocenters. The van der Waals surface area contributed by atoms with Crippen molar-refractivity contribution in [2.75, 3.05) is 11.5 Å². The van der Waals surface area contributed by atoms with Crippen LogP contribution in [0.5, 0.6) is 5.75 Å². The molecule has 0 aliphatic heterocycles. The van der Waals surface area contributed by atoms with Gasteiger partial charge in [0.25, 0.3) is 0 Å². The van der Waals surface area contributed by atoms with Gasteiger partial charge in [0.05, 0.1) is 42.0 Å². The second-order valence-corrected chi connectivity index (χ2v) is 11.3. The number of rotatable bonds is 12. The minimum atomic E-state index is -1.09. The number of carbonyl (C=O) groups is 1. The van der Waals surface area contributed by atoms with E-state index in [9.17, 15) is 15.2 Å². The van der Waals surface area contributed by atoms with E-state index in [0.29, 0.717) is 42.5 Å². The van der Waals surface area contributed by atoms with Crippen LogP contribution in [0.2, 0.25) is 0 Å². The second-order valence-electron chi connectivity index (χ2n) is 11.3. The first-order valence-electron chi connectivity index (χ1n) is 14.2.